The Balaban J connectivity index is 1.31. The van der Waals surface area contributed by atoms with Gasteiger partial charge in [-0.1, -0.05) is 31.2 Å². The first-order chi connectivity index (χ1) is 14.1. The second kappa shape index (κ2) is 8.32. The van der Waals surface area contributed by atoms with Gasteiger partial charge in [-0.3, -0.25) is 10.1 Å². The van der Waals surface area contributed by atoms with E-state index in [-0.39, 0.29) is 12.4 Å². The summed E-state index contributed by atoms with van der Waals surface area (Å²) in [5, 5.41) is 4.97. The molecule has 3 aromatic rings. The Morgan fingerprint density at radius 2 is 1.93 bits per heavy atom. The van der Waals surface area contributed by atoms with Crippen LogP contribution in [0.15, 0.2) is 47.8 Å². The van der Waals surface area contributed by atoms with E-state index in [2.05, 4.69) is 29.4 Å². The molecule has 148 valence electrons. The molecule has 7 nitrogen and oxygen atoms in total. The molecule has 0 radical (unpaired) electrons. The Hall–Kier alpha value is -3.39. The first-order valence-electron chi connectivity index (χ1n) is 9.04. The van der Waals surface area contributed by atoms with Gasteiger partial charge in [0.2, 0.25) is 6.79 Å². The molecule has 0 saturated heterocycles. The third kappa shape index (κ3) is 4.38. The zero-order chi connectivity index (χ0) is 20.2. The number of rotatable bonds is 6. The van der Waals surface area contributed by atoms with Crippen molar-refractivity contribution in [3.05, 3.63) is 59.0 Å². The summed E-state index contributed by atoms with van der Waals surface area (Å²) in [6.07, 6.45) is 0.976. The summed E-state index contributed by atoms with van der Waals surface area (Å²) in [5.41, 5.74) is 3.30. The van der Waals surface area contributed by atoms with E-state index in [9.17, 15) is 9.59 Å². The Bertz CT molecular complexity index is 1050. The van der Waals surface area contributed by atoms with Gasteiger partial charge in [0.1, 0.15) is 0 Å². The molecular weight excluding hydrogens is 392 g/mol. The van der Waals surface area contributed by atoms with E-state index >= 15 is 0 Å². The van der Waals surface area contributed by atoms with Crippen molar-refractivity contribution < 1.29 is 23.8 Å². The second-order valence-electron chi connectivity index (χ2n) is 6.28. The minimum Gasteiger partial charge on any atom is -0.454 e. The van der Waals surface area contributed by atoms with Gasteiger partial charge in [0.15, 0.2) is 23.2 Å². The normalized spacial score (nSPS) is 11.9. The summed E-state index contributed by atoms with van der Waals surface area (Å²) in [7, 11) is 0. The average Bonchev–Trinajstić information content (AvgIpc) is 3.41. The van der Waals surface area contributed by atoms with Gasteiger partial charge in [0.25, 0.3) is 5.91 Å². The minimum atomic E-state index is -0.616. The van der Waals surface area contributed by atoms with Gasteiger partial charge in [-0.15, -0.1) is 11.3 Å². The van der Waals surface area contributed by atoms with Gasteiger partial charge in [-0.25, -0.2) is 9.78 Å². The second-order valence-corrected chi connectivity index (χ2v) is 7.14. The monoisotopic (exact) mass is 410 g/mol. The van der Waals surface area contributed by atoms with E-state index in [0.717, 1.165) is 17.7 Å². The molecule has 8 heteroatoms. The van der Waals surface area contributed by atoms with Crippen molar-refractivity contribution in [3.8, 4) is 22.8 Å². The van der Waals surface area contributed by atoms with Crippen LogP contribution in [0.4, 0.5) is 5.13 Å². The summed E-state index contributed by atoms with van der Waals surface area (Å²) in [6.45, 7) is 1.81. The summed E-state index contributed by atoms with van der Waals surface area (Å²) in [4.78, 5) is 28.6. The molecule has 29 heavy (non-hydrogen) atoms. The molecular formula is C21H18N2O5S. The van der Waals surface area contributed by atoms with Crippen LogP contribution in [0.2, 0.25) is 0 Å². The lowest BCUT2D eigenvalue weighted by Gasteiger charge is -2.05. The van der Waals surface area contributed by atoms with Crippen molar-refractivity contribution in [1.82, 2.24) is 4.98 Å². The largest absolute Gasteiger partial charge is 0.454 e. The number of esters is 1. The van der Waals surface area contributed by atoms with Crippen LogP contribution in [-0.4, -0.2) is 30.3 Å². The molecule has 1 aliphatic rings. The smallest absolute Gasteiger partial charge is 0.338 e. The molecule has 0 unspecified atom stereocenters. The fraction of sp³-hybridized carbons (Fsp3) is 0.190. The van der Waals surface area contributed by atoms with Gasteiger partial charge in [-0.2, -0.15) is 0 Å². The van der Waals surface area contributed by atoms with E-state index in [1.807, 2.05) is 17.5 Å². The summed E-state index contributed by atoms with van der Waals surface area (Å²) >= 11 is 1.31. The Kier molecular flexibility index (Phi) is 5.44. The molecule has 1 aliphatic heterocycles. The number of anilines is 1. The molecule has 2 heterocycles. The van der Waals surface area contributed by atoms with Crippen LogP contribution in [0.3, 0.4) is 0 Å². The van der Waals surface area contributed by atoms with Gasteiger partial charge >= 0.3 is 5.97 Å². The molecule has 0 fully saturated rings. The van der Waals surface area contributed by atoms with Crippen LogP contribution in [0.1, 0.15) is 22.8 Å². The molecule has 0 bridgehead atoms. The highest BCUT2D eigenvalue weighted by molar-refractivity contribution is 7.14. The number of thiazole rings is 1. The molecule has 1 aromatic heterocycles. The lowest BCUT2D eigenvalue weighted by Crippen LogP contribution is -2.20. The third-order valence-corrected chi connectivity index (χ3v) is 5.11. The molecule has 0 atom stereocenters. The lowest BCUT2D eigenvalue weighted by atomic mass is 10.1. The number of hydrogen-bond donors (Lipinski definition) is 1. The predicted octanol–water partition coefficient (Wildman–Crippen LogP) is 3.90. The number of fused-ring (bicyclic) bond motifs is 1. The lowest BCUT2D eigenvalue weighted by molar-refractivity contribution is -0.119. The van der Waals surface area contributed by atoms with Crippen molar-refractivity contribution >= 4 is 28.3 Å². The van der Waals surface area contributed by atoms with E-state index in [4.69, 9.17) is 14.2 Å². The fourth-order valence-corrected chi connectivity index (χ4v) is 3.50. The number of aromatic nitrogens is 1. The maximum atomic E-state index is 12.1. The van der Waals surface area contributed by atoms with Gasteiger partial charge in [-0.05, 0) is 30.2 Å². The summed E-state index contributed by atoms with van der Waals surface area (Å²) in [5.74, 6) is -0.0231. The zero-order valence-corrected chi connectivity index (χ0v) is 16.5. The van der Waals surface area contributed by atoms with Crippen molar-refractivity contribution in [2.75, 3.05) is 18.7 Å². The predicted molar refractivity (Wildman–Crippen MR) is 108 cm³/mol. The minimum absolute atomic E-state index is 0.120. The Morgan fingerprint density at radius 3 is 2.72 bits per heavy atom. The number of benzene rings is 2. The van der Waals surface area contributed by atoms with Crippen molar-refractivity contribution in [2.45, 2.75) is 13.3 Å². The number of nitrogens with zero attached hydrogens (tertiary/aromatic N) is 1. The van der Waals surface area contributed by atoms with Crippen molar-refractivity contribution in [3.63, 3.8) is 0 Å². The first-order valence-corrected chi connectivity index (χ1v) is 9.92. The molecule has 1 amide bonds. The van der Waals surface area contributed by atoms with E-state index in [0.29, 0.717) is 16.6 Å². The third-order valence-electron chi connectivity index (χ3n) is 4.35. The highest BCUT2D eigenvalue weighted by Crippen LogP contribution is 2.32. The van der Waals surface area contributed by atoms with Crippen LogP contribution in [0, 0.1) is 0 Å². The quantitative estimate of drug-likeness (QED) is 0.621. The number of aryl methyl sites for hydroxylation is 1. The van der Waals surface area contributed by atoms with E-state index in [1.165, 1.54) is 23.0 Å². The summed E-state index contributed by atoms with van der Waals surface area (Å²) in [6, 6.07) is 12.8. The fourth-order valence-electron chi connectivity index (χ4n) is 2.77. The maximum Gasteiger partial charge on any atom is 0.338 e. The number of ether oxygens (including phenoxy) is 3. The number of amides is 1. The molecule has 0 saturated carbocycles. The topological polar surface area (TPSA) is 86.8 Å². The number of carbonyl (C=O) groups excluding carboxylic acids is 2. The zero-order valence-electron chi connectivity index (χ0n) is 15.6. The first kappa shape index (κ1) is 18.9. The van der Waals surface area contributed by atoms with E-state index < -0.39 is 18.5 Å². The standard InChI is InChI=1S/C21H18N2O5S/c1-2-13-3-5-14(6-4-13)16-11-29-21(22-16)23-19(24)10-26-20(25)15-7-8-17-18(9-15)28-12-27-17/h3-9,11H,2,10,12H2,1H3,(H,22,23,24). The number of hydrogen-bond acceptors (Lipinski definition) is 7. The molecule has 4 rings (SSSR count). The van der Waals surface area contributed by atoms with E-state index in [1.54, 1.807) is 12.1 Å². The molecule has 0 aliphatic carbocycles. The number of carbonyl (C=O) groups is 2. The molecule has 2 aromatic carbocycles. The van der Waals surface area contributed by atoms with Crippen LogP contribution in [0.5, 0.6) is 11.5 Å². The van der Waals surface area contributed by atoms with Crippen LogP contribution in [0.25, 0.3) is 11.3 Å². The maximum absolute atomic E-state index is 12.1. The molecule has 0 spiro atoms. The summed E-state index contributed by atoms with van der Waals surface area (Å²) < 4.78 is 15.5. The Morgan fingerprint density at radius 1 is 1.14 bits per heavy atom. The SMILES string of the molecule is CCc1ccc(-c2csc(NC(=O)COC(=O)c3ccc4c(c3)OCO4)n2)cc1. The van der Waals surface area contributed by atoms with Gasteiger partial charge < -0.3 is 14.2 Å². The van der Waals surface area contributed by atoms with Crippen LogP contribution < -0.4 is 14.8 Å². The molecule has 1 N–H and O–H groups in total. The highest BCUT2D eigenvalue weighted by Gasteiger charge is 2.18. The Labute approximate surface area is 171 Å². The average molecular weight is 410 g/mol. The van der Waals surface area contributed by atoms with Crippen LogP contribution >= 0.6 is 11.3 Å². The van der Waals surface area contributed by atoms with Gasteiger partial charge in [0, 0.05) is 10.9 Å². The van der Waals surface area contributed by atoms with Crippen molar-refractivity contribution in [1.29, 1.82) is 0 Å². The van der Waals surface area contributed by atoms with Gasteiger partial charge in [0.05, 0.1) is 11.3 Å². The van der Waals surface area contributed by atoms with Crippen molar-refractivity contribution in [2.24, 2.45) is 0 Å². The number of nitrogens with one attached hydrogen (secondary N) is 1. The highest BCUT2D eigenvalue weighted by atomic mass is 32.1. The van der Waals surface area contributed by atoms with Crippen LogP contribution in [-0.2, 0) is 16.0 Å².